The minimum absolute atomic E-state index is 0.00369. The van der Waals surface area contributed by atoms with Gasteiger partial charge in [-0.3, -0.25) is 9.69 Å². The first kappa shape index (κ1) is 21.2. The number of aromatic hydroxyl groups is 1. The lowest BCUT2D eigenvalue weighted by Crippen LogP contribution is -2.36. The van der Waals surface area contributed by atoms with Crippen LogP contribution in [0, 0.1) is 0 Å². The summed E-state index contributed by atoms with van der Waals surface area (Å²) in [6.07, 6.45) is 4.85. The molecule has 158 valence electrons. The highest BCUT2D eigenvalue weighted by molar-refractivity contribution is 7.98. The number of benzene rings is 2. The number of aromatic nitrogens is 1. The summed E-state index contributed by atoms with van der Waals surface area (Å²) >= 11 is 1.68. The zero-order chi connectivity index (χ0) is 21.5. The second-order valence-corrected chi connectivity index (χ2v) is 8.46. The highest BCUT2D eigenvalue weighted by Gasteiger charge is 2.16. The fourth-order valence-corrected chi connectivity index (χ4v) is 4.33. The van der Waals surface area contributed by atoms with Crippen molar-refractivity contribution in [1.29, 1.82) is 0 Å². The Kier molecular flexibility index (Phi) is 7.02. The lowest BCUT2D eigenvalue weighted by molar-refractivity contribution is -0.117. The first-order chi connectivity index (χ1) is 15.2. The number of anilines is 1. The number of carbonyl (C=O) groups excluding carboxylic acids is 1. The van der Waals surface area contributed by atoms with Crippen LogP contribution >= 0.6 is 11.8 Å². The van der Waals surface area contributed by atoms with Crippen molar-refractivity contribution in [3.05, 3.63) is 90.1 Å². The Balaban J connectivity index is 1.27. The highest BCUT2D eigenvalue weighted by Crippen LogP contribution is 2.24. The van der Waals surface area contributed by atoms with E-state index < -0.39 is 0 Å². The average molecular weight is 432 g/mol. The smallest absolute Gasteiger partial charge is 0.238 e. The molecular formula is C25H25N3O2S. The first-order valence-electron chi connectivity index (χ1n) is 10.3. The molecule has 2 aromatic carbocycles. The van der Waals surface area contributed by atoms with E-state index in [4.69, 9.17) is 0 Å². The number of rotatable bonds is 7. The zero-order valence-electron chi connectivity index (χ0n) is 17.2. The Morgan fingerprint density at radius 1 is 1.10 bits per heavy atom. The second kappa shape index (κ2) is 10.3. The van der Waals surface area contributed by atoms with Gasteiger partial charge >= 0.3 is 0 Å². The molecule has 2 N–H and O–H groups in total. The molecule has 4 rings (SSSR count). The molecule has 2 heterocycles. The van der Waals surface area contributed by atoms with Gasteiger partial charge in [0.05, 0.1) is 11.6 Å². The number of hydrogen-bond donors (Lipinski definition) is 2. The predicted molar refractivity (Wildman–Crippen MR) is 126 cm³/mol. The summed E-state index contributed by atoms with van der Waals surface area (Å²) in [5.74, 6) is 1.08. The van der Waals surface area contributed by atoms with Crippen LogP contribution in [0.4, 0.5) is 5.69 Å². The van der Waals surface area contributed by atoms with E-state index in [9.17, 15) is 9.90 Å². The molecular weight excluding hydrogens is 406 g/mol. The predicted octanol–water partition coefficient (Wildman–Crippen LogP) is 4.81. The maximum Gasteiger partial charge on any atom is 0.238 e. The van der Waals surface area contributed by atoms with E-state index >= 15 is 0 Å². The highest BCUT2D eigenvalue weighted by atomic mass is 32.2. The Morgan fingerprint density at radius 2 is 1.97 bits per heavy atom. The third-order valence-corrected chi connectivity index (χ3v) is 6.15. The van der Waals surface area contributed by atoms with Crippen LogP contribution in [0.3, 0.4) is 0 Å². The molecule has 6 heteroatoms. The molecule has 1 amide bonds. The van der Waals surface area contributed by atoms with Gasteiger partial charge in [-0.15, -0.1) is 11.8 Å². The third kappa shape index (κ3) is 6.20. The second-order valence-electron chi connectivity index (χ2n) is 7.47. The van der Waals surface area contributed by atoms with Gasteiger partial charge < -0.3 is 10.4 Å². The summed E-state index contributed by atoms with van der Waals surface area (Å²) < 4.78 is 0. The van der Waals surface area contributed by atoms with Gasteiger partial charge in [0.15, 0.2) is 0 Å². The number of nitrogens with one attached hydrogen (secondary N) is 1. The molecule has 5 nitrogen and oxygen atoms in total. The lowest BCUT2D eigenvalue weighted by atomic mass is 9.99. The molecule has 0 aliphatic carbocycles. The van der Waals surface area contributed by atoms with Crippen LogP contribution in [-0.2, 0) is 10.5 Å². The van der Waals surface area contributed by atoms with Gasteiger partial charge in [0.2, 0.25) is 5.91 Å². The third-order valence-electron chi connectivity index (χ3n) is 5.13. The molecule has 1 aliphatic heterocycles. The van der Waals surface area contributed by atoms with Crippen molar-refractivity contribution in [3.63, 3.8) is 0 Å². The first-order valence-corrected chi connectivity index (χ1v) is 11.3. The molecule has 3 aromatic rings. The van der Waals surface area contributed by atoms with E-state index in [0.29, 0.717) is 6.54 Å². The van der Waals surface area contributed by atoms with Crippen molar-refractivity contribution in [2.75, 3.05) is 25.0 Å². The number of pyridine rings is 1. The van der Waals surface area contributed by atoms with Crippen LogP contribution < -0.4 is 5.32 Å². The molecule has 0 spiro atoms. The van der Waals surface area contributed by atoms with Crippen LogP contribution in [0.1, 0.15) is 17.5 Å². The van der Waals surface area contributed by atoms with Crippen molar-refractivity contribution >= 4 is 28.9 Å². The van der Waals surface area contributed by atoms with E-state index in [-0.39, 0.29) is 11.7 Å². The van der Waals surface area contributed by atoms with Gasteiger partial charge in [0.1, 0.15) is 5.75 Å². The summed E-state index contributed by atoms with van der Waals surface area (Å²) in [4.78, 5) is 19.0. The van der Waals surface area contributed by atoms with Crippen LogP contribution in [0.5, 0.6) is 5.75 Å². The molecule has 0 radical (unpaired) electrons. The summed E-state index contributed by atoms with van der Waals surface area (Å²) in [7, 11) is 0. The van der Waals surface area contributed by atoms with Crippen LogP contribution in [-0.4, -0.2) is 40.5 Å². The number of phenolic OH excluding ortho intramolecular Hbond substituents is 1. The number of phenols is 1. The van der Waals surface area contributed by atoms with Gasteiger partial charge in [0, 0.05) is 30.7 Å². The fourth-order valence-electron chi connectivity index (χ4n) is 3.52. The largest absolute Gasteiger partial charge is 0.508 e. The van der Waals surface area contributed by atoms with E-state index in [2.05, 4.69) is 27.3 Å². The van der Waals surface area contributed by atoms with E-state index in [1.807, 2.05) is 48.5 Å². The summed E-state index contributed by atoms with van der Waals surface area (Å²) in [6, 6.07) is 21.1. The minimum Gasteiger partial charge on any atom is -0.508 e. The Morgan fingerprint density at radius 3 is 2.71 bits per heavy atom. The molecule has 0 saturated carbocycles. The maximum atomic E-state index is 12.5. The van der Waals surface area contributed by atoms with Crippen molar-refractivity contribution in [2.24, 2.45) is 0 Å². The normalized spacial score (nSPS) is 14.1. The number of carbonyl (C=O) groups is 1. The Bertz CT molecular complexity index is 1050. The van der Waals surface area contributed by atoms with E-state index in [0.717, 1.165) is 47.1 Å². The minimum atomic E-state index is -0.00369. The topological polar surface area (TPSA) is 65.5 Å². The molecule has 0 unspecified atom stereocenters. The Labute approximate surface area is 186 Å². The van der Waals surface area contributed by atoms with Crippen molar-refractivity contribution in [1.82, 2.24) is 9.88 Å². The van der Waals surface area contributed by atoms with E-state index in [1.54, 1.807) is 30.1 Å². The van der Waals surface area contributed by atoms with Gasteiger partial charge in [0.25, 0.3) is 0 Å². The Hall–Kier alpha value is -3.09. The SMILES string of the molecule is O=C(CN1CC=C(c2ccc(O)cc2)CC1)Nc1cccc(CSc2ccccn2)c1. The summed E-state index contributed by atoms with van der Waals surface area (Å²) in [6.45, 7) is 1.94. The lowest BCUT2D eigenvalue weighted by Gasteiger charge is -2.26. The standard InChI is InChI=1S/C25H25N3O2S/c29-23-9-7-20(8-10-23)21-11-14-28(15-12-21)17-24(30)27-22-5-3-4-19(16-22)18-31-25-6-1-2-13-26-25/h1-11,13,16,29H,12,14-15,17-18H2,(H,27,30). The van der Waals surface area contributed by atoms with Gasteiger partial charge in [-0.2, -0.15) is 0 Å². The zero-order valence-corrected chi connectivity index (χ0v) is 18.0. The summed E-state index contributed by atoms with van der Waals surface area (Å²) in [5, 5.41) is 13.5. The molecule has 1 aromatic heterocycles. The van der Waals surface area contributed by atoms with Crippen molar-refractivity contribution in [3.8, 4) is 5.75 Å². The molecule has 1 aliphatic rings. The fraction of sp³-hybridized carbons (Fsp3) is 0.200. The van der Waals surface area contributed by atoms with Crippen LogP contribution in [0.15, 0.2) is 84.0 Å². The quantitative estimate of drug-likeness (QED) is 0.526. The average Bonchev–Trinajstić information content (AvgIpc) is 2.80. The molecule has 0 atom stereocenters. The number of hydrogen-bond acceptors (Lipinski definition) is 5. The van der Waals surface area contributed by atoms with Gasteiger partial charge in [-0.05, 0) is 59.5 Å². The monoisotopic (exact) mass is 431 g/mol. The number of thioether (sulfide) groups is 1. The van der Waals surface area contributed by atoms with Gasteiger partial charge in [-0.1, -0.05) is 36.4 Å². The molecule has 0 bridgehead atoms. The van der Waals surface area contributed by atoms with Crippen LogP contribution in [0.25, 0.3) is 5.57 Å². The maximum absolute atomic E-state index is 12.5. The van der Waals surface area contributed by atoms with Crippen LogP contribution in [0.2, 0.25) is 0 Å². The molecule has 0 fully saturated rings. The number of amides is 1. The number of nitrogens with zero attached hydrogens (tertiary/aromatic N) is 2. The van der Waals surface area contributed by atoms with Crippen molar-refractivity contribution in [2.45, 2.75) is 17.2 Å². The van der Waals surface area contributed by atoms with Gasteiger partial charge in [-0.25, -0.2) is 4.98 Å². The summed E-state index contributed by atoms with van der Waals surface area (Å²) in [5.41, 5.74) is 4.35. The molecule has 31 heavy (non-hydrogen) atoms. The van der Waals surface area contributed by atoms with Crippen molar-refractivity contribution < 1.29 is 9.90 Å². The molecule has 0 saturated heterocycles. The van der Waals surface area contributed by atoms with E-state index in [1.165, 1.54) is 5.57 Å².